The lowest BCUT2D eigenvalue weighted by Crippen LogP contribution is -2.42. The Kier molecular flexibility index (Phi) is 7.34. The first-order valence-electron chi connectivity index (χ1n) is 9.30. The van der Waals surface area contributed by atoms with Crippen molar-refractivity contribution < 1.29 is 28.7 Å². The van der Waals surface area contributed by atoms with Crippen molar-refractivity contribution in [3.8, 4) is 0 Å². The van der Waals surface area contributed by atoms with Crippen LogP contribution in [-0.4, -0.2) is 41.9 Å². The highest BCUT2D eigenvalue weighted by Crippen LogP contribution is 2.36. The molecule has 1 aliphatic carbocycles. The summed E-state index contributed by atoms with van der Waals surface area (Å²) in [6.45, 7) is 13.7. The third-order valence-electron chi connectivity index (χ3n) is 4.40. The van der Waals surface area contributed by atoms with Crippen molar-refractivity contribution in [1.29, 1.82) is 0 Å². The minimum atomic E-state index is -0.873. The average Bonchev–Trinajstić information content (AvgIpc) is 2.50. The van der Waals surface area contributed by atoms with Crippen LogP contribution in [0, 0.1) is 5.41 Å². The fraction of sp³-hybridized carbons (Fsp3) is 0.619. The predicted molar refractivity (Wildman–Crippen MR) is 105 cm³/mol. The van der Waals surface area contributed by atoms with E-state index in [4.69, 9.17) is 9.47 Å². The van der Waals surface area contributed by atoms with Crippen molar-refractivity contribution in [2.24, 2.45) is 5.41 Å². The number of amides is 1. The van der Waals surface area contributed by atoms with Crippen LogP contribution in [0.5, 0.6) is 0 Å². The molecule has 0 aromatic rings. The highest BCUT2D eigenvalue weighted by molar-refractivity contribution is 6.22. The summed E-state index contributed by atoms with van der Waals surface area (Å²) in [5.74, 6) is -0.935. The van der Waals surface area contributed by atoms with Gasteiger partial charge >= 0.3 is 12.1 Å². The van der Waals surface area contributed by atoms with E-state index in [9.17, 15) is 19.2 Å². The van der Waals surface area contributed by atoms with Gasteiger partial charge in [-0.15, -0.1) is 0 Å². The Morgan fingerprint density at radius 1 is 1.11 bits per heavy atom. The number of ether oxygens (including phenoxy) is 2. The second kappa shape index (κ2) is 8.71. The lowest BCUT2D eigenvalue weighted by Gasteiger charge is -2.30. The van der Waals surface area contributed by atoms with Crippen molar-refractivity contribution in [2.45, 2.75) is 73.5 Å². The molecule has 0 bridgehead atoms. The molecule has 0 heterocycles. The molecule has 0 aromatic heterocycles. The Morgan fingerprint density at radius 2 is 1.68 bits per heavy atom. The Morgan fingerprint density at radius 3 is 2.21 bits per heavy atom. The molecule has 0 aromatic carbocycles. The van der Waals surface area contributed by atoms with Gasteiger partial charge in [-0.25, -0.2) is 9.59 Å². The summed E-state index contributed by atoms with van der Waals surface area (Å²) in [7, 11) is 0. The Labute approximate surface area is 166 Å². The number of Topliss-reactive ketones (excluding diaryl/α,β-unsaturated/α-hetero) is 1. The fourth-order valence-electron chi connectivity index (χ4n) is 2.97. The summed E-state index contributed by atoms with van der Waals surface area (Å²) in [6.07, 6.45) is 1.01. The van der Waals surface area contributed by atoms with Crippen molar-refractivity contribution in [3.05, 3.63) is 22.8 Å². The van der Waals surface area contributed by atoms with E-state index >= 15 is 0 Å². The maximum atomic E-state index is 12.4. The molecule has 1 amide bonds. The van der Waals surface area contributed by atoms with Gasteiger partial charge in [0.15, 0.2) is 11.6 Å². The first-order chi connectivity index (χ1) is 12.7. The molecule has 1 aliphatic rings. The lowest BCUT2D eigenvalue weighted by molar-refractivity contribution is -0.146. The van der Waals surface area contributed by atoms with Gasteiger partial charge in [0.05, 0.1) is 6.61 Å². The molecule has 1 atom stereocenters. The van der Waals surface area contributed by atoms with E-state index < -0.39 is 29.1 Å². The Balaban J connectivity index is 2.64. The van der Waals surface area contributed by atoms with Crippen LogP contribution in [-0.2, 0) is 23.9 Å². The minimum Gasteiger partial charge on any atom is -0.464 e. The maximum absolute atomic E-state index is 12.4. The van der Waals surface area contributed by atoms with Crippen LogP contribution in [0.2, 0.25) is 0 Å². The normalized spacial score (nSPS) is 16.5. The largest absolute Gasteiger partial charge is 0.464 e. The summed E-state index contributed by atoms with van der Waals surface area (Å²) < 4.78 is 10.3. The standard InChI is InChI=1S/C21H31NO6/c1-12-11-15(23)16(13(2)17(12)24)21(7,8)9-10-27-18(25)14(3)22-19(26)28-20(4,5)6/h11,14H,9-10H2,1-8H3,(H,22,26)/t14-/m0/s1. The van der Waals surface area contributed by atoms with E-state index in [1.54, 1.807) is 34.6 Å². The molecule has 0 aliphatic heterocycles. The average molecular weight is 393 g/mol. The summed E-state index contributed by atoms with van der Waals surface area (Å²) in [5.41, 5.74) is -0.00756. The van der Waals surface area contributed by atoms with Crippen LogP contribution in [0.15, 0.2) is 22.8 Å². The highest BCUT2D eigenvalue weighted by Gasteiger charge is 2.34. The topological polar surface area (TPSA) is 98.8 Å². The third kappa shape index (κ3) is 6.32. The van der Waals surface area contributed by atoms with Crippen LogP contribution in [0.3, 0.4) is 0 Å². The molecule has 0 spiro atoms. The second-order valence-corrected chi connectivity index (χ2v) is 8.69. The van der Waals surface area contributed by atoms with E-state index in [0.717, 1.165) is 0 Å². The molecule has 0 unspecified atom stereocenters. The van der Waals surface area contributed by atoms with Crippen molar-refractivity contribution in [2.75, 3.05) is 6.61 Å². The first-order valence-corrected chi connectivity index (χ1v) is 9.30. The number of esters is 1. The number of hydrogen-bond donors (Lipinski definition) is 1. The Hall–Kier alpha value is -2.44. The molecule has 1 N–H and O–H groups in total. The zero-order valence-electron chi connectivity index (χ0n) is 18.0. The van der Waals surface area contributed by atoms with E-state index in [-0.39, 0.29) is 18.2 Å². The number of carbonyl (C=O) groups is 4. The van der Waals surface area contributed by atoms with Gasteiger partial charge in [0, 0.05) is 16.7 Å². The van der Waals surface area contributed by atoms with Crippen molar-refractivity contribution >= 4 is 23.6 Å². The van der Waals surface area contributed by atoms with Crippen LogP contribution < -0.4 is 5.32 Å². The highest BCUT2D eigenvalue weighted by atomic mass is 16.6. The quantitative estimate of drug-likeness (QED) is 0.549. The minimum absolute atomic E-state index is 0.0487. The molecule has 0 saturated heterocycles. The molecule has 156 valence electrons. The van der Waals surface area contributed by atoms with Gasteiger partial charge in [0.25, 0.3) is 0 Å². The monoisotopic (exact) mass is 393 g/mol. The van der Waals surface area contributed by atoms with Gasteiger partial charge in [-0.05, 0) is 59.5 Å². The SMILES string of the molecule is CC1=CC(=O)C(C(C)(C)CCOC(=O)[C@H](C)NC(=O)OC(C)(C)C)=C(C)C1=O. The molecule has 7 heteroatoms. The fourth-order valence-corrected chi connectivity index (χ4v) is 2.97. The van der Waals surface area contributed by atoms with Crippen LogP contribution in [0.4, 0.5) is 4.79 Å². The number of rotatable bonds is 6. The van der Waals surface area contributed by atoms with E-state index in [2.05, 4.69) is 5.32 Å². The van der Waals surface area contributed by atoms with Gasteiger partial charge in [-0.1, -0.05) is 13.8 Å². The molecule has 0 saturated carbocycles. The summed E-state index contributed by atoms with van der Waals surface area (Å²) >= 11 is 0. The first kappa shape index (κ1) is 23.6. The van der Waals surface area contributed by atoms with Gasteiger partial charge in [-0.3, -0.25) is 9.59 Å². The molecule has 7 nitrogen and oxygen atoms in total. The molecule has 1 rings (SSSR count). The van der Waals surface area contributed by atoms with Gasteiger partial charge in [0.2, 0.25) is 0 Å². The molecule has 0 radical (unpaired) electrons. The number of hydrogen-bond acceptors (Lipinski definition) is 6. The second-order valence-electron chi connectivity index (χ2n) is 8.69. The molecule has 28 heavy (non-hydrogen) atoms. The van der Waals surface area contributed by atoms with Gasteiger partial charge in [-0.2, -0.15) is 0 Å². The van der Waals surface area contributed by atoms with Crippen molar-refractivity contribution in [3.63, 3.8) is 0 Å². The van der Waals surface area contributed by atoms with E-state index in [0.29, 0.717) is 23.1 Å². The molecule has 0 fully saturated rings. The predicted octanol–water partition coefficient (Wildman–Crippen LogP) is 3.27. The van der Waals surface area contributed by atoms with Crippen molar-refractivity contribution in [1.82, 2.24) is 5.32 Å². The number of allylic oxidation sites excluding steroid dienone is 4. The van der Waals surface area contributed by atoms with Gasteiger partial charge in [0.1, 0.15) is 11.6 Å². The van der Waals surface area contributed by atoms with E-state index in [1.807, 2.05) is 13.8 Å². The molecular weight excluding hydrogens is 362 g/mol. The van der Waals surface area contributed by atoms with Crippen LogP contribution in [0.1, 0.15) is 61.8 Å². The van der Waals surface area contributed by atoms with Crippen LogP contribution in [0.25, 0.3) is 0 Å². The lowest BCUT2D eigenvalue weighted by atomic mass is 9.73. The number of nitrogens with one attached hydrogen (secondary N) is 1. The maximum Gasteiger partial charge on any atom is 0.408 e. The van der Waals surface area contributed by atoms with Gasteiger partial charge < -0.3 is 14.8 Å². The smallest absolute Gasteiger partial charge is 0.408 e. The number of carbonyl (C=O) groups excluding carboxylic acids is 4. The van der Waals surface area contributed by atoms with E-state index in [1.165, 1.54) is 13.0 Å². The summed E-state index contributed by atoms with van der Waals surface area (Å²) in [4.78, 5) is 48.4. The Bertz CT molecular complexity index is 736. The summed E-state index contributed by atoms with van der Waals surface area (Å²) in [5, 5.41) is 2.42. The number of ketones is 2. The molecular formula is C21H31NO6. The zero-order valence-corrected chi connectivity index (χ0v) is 18.0. The van der Waals surface area contributed by atoms with Crippen LogP contribution >= 0.6 is 0 Å². The summed E-state index contributed by atoms with van der Waals surface area (Å²) in [6, 6.07) is -0.873. The third-order valence-corrected chi connectivity index (χ3v) is 4.40. The number of alkyl carbamates (subject to hydrolysis) is 1. The zero-order chi connectivity index (χ0) is 21.9.